The summed E-state index contributed by atoms with van der Waals surface area (Å²) in [6.45, 7) is 0.645. The van der Waals surface area contributed by atoms with Crippen LogP contribution in [0.4, 0.5) is 0 Å². The van der Waals surface area contributed by atoms with Gasteiger partial charge in [0.15, 0.2) is 0 Å². The van der Waals surface area contributed by atoms with Crippen molar-refractivity contribution < 1.29 is 9.90 Å². The SMILES string of the molecule is O=C(c1cc(Cc2ccccc2)ccc1O)N1CCCCC1c1ncn[nH]1. The molecule has 1 atom stereocenters. The minimum Gasteiger partial charge on any atom is -0.507 e. The highest BCUT2D eigenvalue weighted by Gasteiger charge is 2.31. The first-order valence-corrected chi connectivity index (χ1v) is 9.24. The van der Waals surface area contributed by atoms with E-state index in [2.05, 4.69) is 27.3 Å². The maximum atomic E-state index is 13.2. The molecule has 6 nitrogen and oxygen atoms in total. The van der Waals surface area contributed by atoms with Crippen LogP contribution in [-0.2, 0) is 6.42 Å². The van der Waals surface area contributed by atoms with Gasteiger partial charge in [0.05, 0.1) is 11.6 Å². The largest absolute Gasteiger partial charge is 0.507 e. The Bertz CT molecular complexity index is 909. The Morgan fingerprint density at radius 1 is 1.15 bits per heavy atom. The molecule has 1 aliphatic heterocycles. The molecule has 1 unspecified atom stereocenters. The second-order valence-corrected chi connectivity index (χ2v) is 6.89. The summed E-state index contributed by atoms with van der Waals surface area (Å²) in [4.78, 5) is 19.3. The summed E-state index contributed by atoms with van der Waals surface area (Å²) in [6.07, 6.45) is 5.00. The van der Waals surface area contributed by atoms with Crippen LogP contribution in [0.5, 0.6) is 5.75 Å². The molecule has 2 N–H and O–H groups in total. The highest BCUT2D eigenvalue weighted by atomic mass is 16.3. The maximum Gasteiger partial charge on any atom is 0.258 e. The van der Waals surface area contributed by atoms with Crippen LogP contribution in [0.2, 0.25) is 0 Å². The van der Waals surface area contributed by atoms with Gasteiger partial charge in [-0.2, -0.15) is 5.10 Å². The number of phenols is 1. The maximum absolute atomic E-state index is 13.2. The summed E-state index contributed by atoms with van der Waals surface area (Å²) in [6, 6.07) is 15.2. The average molecular weight is 362 g/mol. The number of benzene rings is 2. The molecule has 138 valence electrons. The number of carbonyl (C=O) groups is 1. The Morgan fingerprint density at radius 2 is 2.00 bits per heavy atom. The zero-order chi connectivity index (χ0) is 18.6. The minimum atomic E-state index is -0.163. The number of hydrogen-bond donors (Lipinski definition) is 2. The number of nitrogens with zero attached hydrogens (tertiary/aromatic N) is 3. The van der Waals surface area contributed by atoms with Crippen LogP contribution in [0.25, 0.3) is 0 Å². The predicted octanol–water partition coefficient (Wildman–Crippen LogP) is 3.47. The van der Waals surface area contributed by atoms with Crippen LogP contribution in [-0.4, -0.2) is 37.6 Å². The number of likely N-dealkylation sites (tertiary alicyclic amines) is 1. The van der Waals surface area contributed by atoms with Gasteiger partial charge in [-0.15, -0.1) is 0 Å². The van der Waals surface area contributed by atoms with Crippen molar-refractivity contribution in [1.29, 1.82) is 0 Å². The number of aromatic amines is 1. The van der Waals surface area contributed by atoms with Crippen molar-refractivity contribution in [3.8, 4) is 5.75 Å². The van der Waals surface area contributed by atoms with E-state index in [-0.39, 0.29) is 17.7 Å². The van der Waals surface area contributed by atoms with E-state index in [9.17, 15) is 9.90 Å². The molecule has 1 fully saturated rings. The van der Waals surface area contributed by atoms with E-state index in [1.165, 1.54) is 11.9 Å². The fourth-order valence-corrected chi connectivity index (χ4v) is 3.69. The molecule has 2 heterocycles. The van der Waals surface area contributed by atoms with Crippen LogP contribution in [0.15, 0.2) is 54.9 Å². The van der Waals surface area contributed by atoms with Crippen LogP contribution >= 0.6 is 0 Å². The highest BCUT2D eigenvalue weighted by molar-refractivity contribution is 5.97. The number of rotatable bonds is 4. The first kappa shape index (κ1) is 17.3. The van der Waals surface area contributed by atoms with Gasteiger partial charge in [-0.05, 0) is 48.9 Å². The van der Waals surface area contributed by atoms with Crippen molar-refractivity contribution in [1.82, 2.24) is 20.1 Å². The number of nitrogens with one attached hydrogen (secondary N) is 1. The molecule has 1 saturated heterocycles. The topological polar surface area (TPSA) is 82.1 Å². The Balaban J connectivity index is 1.61. The molecular formula is C21H22N4O2. The first-order chi connectivity index (χ1) is 13.2. The lowest BCUT2D eigenvalue weighted by Gasteiger charge is -2.34. The summed E-state index contributed by atoms with van der Waals surface area (Å²) >= 11 is 0. The number of phenolic OH excluding ortho intramolecular Hbond substituents is 1. The zero-order valence-electron chi connectivity index (χ0n) is 15.0. The summed E-state index contributed by atoms with van der Waals surface area (Å²) in [5, 5.41) is 17.1. The van der Waals surface area contributed by atoms with E-state index < -0.39 is 0 Å². The number of H-pyrrole nitrogens is 1. The van der Waals surface area contributed by atoms with E-state index in [1.807, 2.05) is 24.3 Å². The number of amides is 1. The van der Waals surface area contributed by atoms with Crippen LogP contribution in [0.3, 0.4) is 0 Å². The van der Waals surface area contributed by atoms with Gasteiger partial charge in [-0.3, -0.25) is 9.89 Å². The minimum absolute atomic E-state index is 0.0127. The van der Waals surface area contributed by atoms with Crippen molar-refractivity contribution >= 4 is 5.91 Å². The van der Waals surface area contributed by atoms with Crippen molar-refractivity contribution in [3.63, 3.8) is 0 Å². The molecular weight excluding hydrogens is 340 g/mol. The van der Waals surface area contributed by atoms with Gasteiger partial charge in [-0.1, -0.05) is 36.4 Å². The van der Waals surface area contributed by atoms with Gasteiger partial charge in [0, 0.05) is 6.54 Å². The van der Waals surface area contributed by atoms with Crippen molar-refractivity contribution in [2.45, 2.75) is 31.7 Å². The lowest BCUT2D eigenvalue weighted by atomic mass is 9.98. The van der Waals surface area contributed by atoms with Gasteiger partial charge >= 0.3 is 0 Å². The Kier molecular flexibility index (Phi) is 4.87. The molecule has 3 aromatic rings. The zero-order valence-corrected chi connectivity index (χ0v) is 15.0. The monoisotopic (exact) mass is 362 g/mol. The van der Waals surface area contributed by atoms with Gasteiger partial charge in [0.2, 0.25) is 0 Å². The number of carbonyl (C=O) groups excluding carboxylic acids is 1. The van der Waals surface area contributed by atoms with E-state index in [4.69, 9.17) is 0 Å². The average Bonchev–Trinajstić information content (AvgIpc) is 3.24. The number of aromatic nitrogens is 3. The van der Waals surface area contributed by atoms with Gasteiger partial charge in [0.1, 0.15) is 17.9 Å². The van der Waals surface area contributed by atoms with E-state index >= 15 is 0 Å². The molecule has 27 heavy (non-hydrogen) atoms. The molecule has 0 saturated carbocycles. The normalized spacial score (nSPS) is 17.0. The second-order valence-electron chi connectivity index (χ2n) is 6.89. The summed E-state index contributed by atoms with van der Waals surface area (Å²) in [5.74, 6) is 0.546. The number of piperidine rings is 1. The number of hydrogen-bond acceptors (Lipinski definition) is 4. The molecule has 2 aromatic carbocycles. The third-order valence-electron chi connectivity index (χ3n) is 5.06. The van der Waals surface area contributed by atoms with Crippen LogP contribution in [0.1, 0.15) is 52.6 Å². The quantitative estimate of drug-likeness (QED) is 0.744. The van der Waals surface area contributed by atoms with Crippen molar-refractivity contribution in [2.24, 2.45) is 0 Å². The Labute approximate surface area is 157 Å². The predicted molar refractivity (Wildman–Crippen MR) is 101 cm³/mol. The van der Waals surface area contributed by atoms with Crippen LogP contribution in [0, 0.1) is 0 Å². The fourth-order valence-electron chi connectivity index (χ4n) is 3.69. The third kappa shape index (κ3) is 3.69. The van der Waals surface area contributed by atoms with E-state index in [1.54, 1.807) is 17.0 Å². The summed E-state index contributed by atoms with van der Waals surface area (Å²) in [7, 11) is 0. The molecule has 0 aliphatic carbocycles. The molecule has 4 rings (SSSR count). The lowest BCUT2D eigenvalue weighted by molar-refractivity contribution is 0.0597. The van der Waals surface area contributed by atoms with Gasteiger partial charge in [0.25, 0.3) is 5.91 Å². The third-order valence-corrected chi connectivity index (χ3v) is 5.06. The van der Waals surface area contributed by atoms with E-state index in [0.29, 0.717) is 24.4 Å². The Morgan fingerprint density at radius 3 is 2.78 bits per heavy atom. The highest BCUT2D eigenvalue weighted by Crippen LogP contribution is 2.32. The van der Waals surface area contributed by atoms with Crippen LogP contribution < -0.4 is 0 Å². The summed E-state index contributed by atoms with van der Waals surface area (Å²) < 4.78 is 0. The van der Waals surface area contributed by atoms with Crippen molar-refractivity contribution in [3.05, 3.63) is 77.4 Å². The summed E-state index contributed by atoms with van der Waals surface area (Å²) in [5.41, 5.74) is 2.50. The van der Waals surface area contributed by atoms with Gasteiger partial charge in [-0.25, -0.2) is 4.98 Å². The van der Waals surface area contributed by atoms with Gasteiger partial charge < -0.3 is 10.0 Å². The first-order valence-electron chi connectivity index (χ1n) is 9.24. The molecule has 1 aliphatic rings. The molecule has 0 radical (unpaired) electrons. The van der Waals surface area contributed by atoms with E-state index in [0.717, 1.165) is 24.8 Å². The smallest absolute Gasteiger partial charge is 0.258 e. The standard InChI is InChI=1S/C21H22N4O2/c26-19-10-9-16(12-15-6-2-1-3-7-15)13-17(19)21(27)25-11-5-4-8-18(25)20-22-14-23-24-20/h1-3,6-7,9-10,13-14,18,26H,4-5,8,11-12H2,(H,22,23,24). The molecule has 0 spiro atoms. The fraction of sp³-hybridized carbons (Fsp3) is 0.286. The number of aromatic hydroxyl groups is 1. The molecule has 0 bridgehead atoms. The van der Waals surface area contributed by atoms with Crippen molar-refractivity contribution in [2.75, 3.05) is 6.54 Å². The Hall–Kier alpha value is -3.15. The second kappa shape index (κ2) is 7.61. The molecule has 1 aromatic heterocycles. The molecule has 6 heteroatoms. The molecule has 1 amide bonds. The lowest BCUT2D eigenvalue weighted by Crippen LogP contribution is -2.39.